The largest absolute Gasteiger partial charge is 0.497 e. The Balaban J connectivity index is 2.00. The number of hydrogen-bond donors (Lipinski definition) is 2. The van der Waals surface area contributed by atoms with E-state index < -0.39 is 0 Å². The Hall–Kier alpha value is -2.08. The van der Waals surface area contributed by atoms with Gasteiger partial charge in [0.15, 0.2) is 0 Å². The van der Waals surface area contributed by atoms with Crippen molar-refractivity contribution in [3.63, 3.8) is 0 Å². The molecule has 2 aromatic rings. The van der Waals surface area contributed by atoms with Crippen molar-refractivity contribution in [1.82, 2.24) is 4.98 Å². The fourth-order valence-corrected chi connectivity index (χ4v) is 1.77. The van der Waals surface area contributed by atoms with Crippen LogP contribution in [0.15, 0.2) is 34.7 Å². The lowest BCUT2D eigenvalue weighted by molar-refractivity contribution is 0.415. The molecule has 0 amide bonds. The molecule has 0 aliphatic heterocycles. The van der Waals surface area contributed by atoms with Gasteiger partial charge >= 0.3 is 0 Å². The van der Waals surface area contributed by atoms with Crippen LogP contribution in [0.5, 0.6) is 5.75 Å². The molecule has 0 unspecified atom stereocenters. The second-order valence-electron chi connectivity index (χ2n) is 3.22. The first-order valence-corrected chi connectivity index (χ1v) is 5.80. The van der Waals surface area contributed by atoms with Crippen molar-refractivity contribution < 1.29 is 4.74 Å². The van der Waals surface area contributed by atoms with E-state index in [1.165, 1.54) is 11.3 Å². The third kappa shape index (κ3) is 3.18. The molecule has 88 valence electrons. The van der Waals surface area contributed by atoms with Gasteiger partial charge in [0.25, 0.3) is 0 Å². The smallest absolute Gasteiger partial charge is 0.205 e. The summed E-state index contributed by atoms with van der Waals surface area (Å²) >= 11 is 1.41. The number of thiazole rings is 1. The molecule has 6 heteroatoms. The molecule has 0 aliphatic rings. The molecular weight excluding hydrogens is 236 g/mol. The summed E-state index contributed by atoms with van der Waals surface area (Å²) in [7, 11) is 1.63. The number of rotatable bonds is 4. The second-order valence-corrected chi connectivity index (χ2v) is 4.08. The van der Waals surface area contributed by atoms with Crippen LogP contribution in [0.25, 0.3) is 0 Å². The van der Waals surface area contributed by atoms with E-state index in [1.807, 2.05) is 24.3 Å². The predicted octanol–water partition coefficient (Wildman–Crippen LogP) is 2.18. The van der Waals surface area contributed by atoms with Crippen molar-refractivity contribution in [1.29, 1.82) is 0 Å². The summed E-state index contributed by atoms with van der Waals surface area (Å²) < 4.78 is 5.11. The standard InChI is InChI=1S/C11H12N4OS/c1-16-9-4-2-3-8(5-9)6-13-15-11-14-10(12)7-17-11/h2-7H,12H2,1H3,(H,14,15). The number of ether oxygens (including phenoxy) is 1. The monoisotopic (exact) mass is 248 g/mol. The lowest BCUT2D eigenvalue weighted by Gasteiger charge is -1.99. The number of nitrogens with zero attached hydrogens (tertiary/aromatic N) is 2. The van der Waals surface area contributed by atoms with Crippen molar-refractivity contribution in [3.8, 4) is 5.75 Å². The summed E-state index contributed by atoms with van der Waals surface area (Å²) in [5.41, 5.74) is 9.24. The molecule has 0 spiro atoms. The third-order valence-corrected chi connectivity index (χ3v) is 2.75. The molecule has 0 aliphatic carbocycles. The Morgan fingerprint density at radius 2 is 2.41 bits per heavy atom. The number of benzene rings is 1. The zero-order valence-electron chi connectivity index (χ0n) is 9.25. The topological polar surface area (TPSA) is 72.5 Å². The average molecular weight is 248 g/mol. The van der Waals surface area contributed by atoms with E-state index >= 15 is 0 Å². The van der Waals surface area contributed by atoms with Crippen LogP contribution < -0.4 is 15.9 Å². The first kappa shape index (κ1) is 11.4. The first-order chi connectivity index (χ1) is 8.28. The molecule has 0 saturated carbocycles. The van der Waals surface area contributed by atoms with Crippen molar-refractivity contribution in [2.24, 2.45) is 5.10 Å². The molecule has 2 rings (SSSR count). The Morgan fingerprint density at radius 3 is 3.12 bits per heavy atom. The number of hydrogen-bond acceptors (Lipinski definition) is 6. The van der Waals surface area contributed by atoms with E-state index in [4.69, 9.17) is 10.5 Å². The number of nitrogens with two attached hydrogens (primary N) is 1. The maximum atomic E-state index is 5.49. The van der Waals surface area contributed by atoms with Crippen molar-refractivity contribution >= 4 is 28.5 Å². The van der Waals surface area contributed by atoms with Crippen LogP contribution >= 0.6 is 11.3 Å². The van der Waals surface area contributed by atoms with Gasteiger partial charge in [0.1, 0.15) is 11.6 Å². The highest BCUT2D eigenvalue weighted by Gasteiger charge is 1.95. The number of nitrogen functional groups attached to an aromatic ring is 1. The molecule has 1 aromatic carbocycles. The van der Waals surface area contributed by atoms with E-state index in [2.05, 4.69) is 15.5 Å². The summed E-state index contributed by atoms with van der Waals surface area (Å²) in [6, 6.07) is 7.61. The Labute approximate surface area is 103 Å². The predicted molar refractivity (Wildman–Crippen MR) is 70.7 cm³/mol. The molecule has 5 nitrogen and oxygen atoms in total. The molecule has 0 atom stereocenters. The molecular formula is C11H12N4OS. The van der Waals surface area contributed by atoms with Gasteiger partial charge in [-0.25, -0.2) is 4.98 Å². The van der Waals surface area contributed by atoms with Gasteiger partial charge in [-0.2, -0.15) is 5.10 Å². The van der Waals surface area contributed by atoms with Crippen LogP contribution in [0, 0.1) is 0 Å². The van der Waals surface area contributed by atoms with Crippen LogP contribution in [-0.2, 0) is 0 Å². The zero-order valence-corrected chi connectivity index (χ0v) is 10.1. The Morgan fingerprint density at radius 1 is 1.53 bits per heavy atom. The summed E-state index contributed by atoms with van der Waals surface area (Å²) in [6.07, 6.45) is 1.69. The molecule has 1 aromatic heterocycles. The zero-order chi connectivity index (χ0) is 12.1. The fraction of sp³-hybridized carbons (Fsp3) is 0.0909. The summed E-state index contributed by atoms with van der Waals surface area (Å²) in [5, 5.41) is 6.48. The summed E-state index contributed by atoms with van der Waals surface area (Å²) in [5.74, 6) is 1.29. The van der Waals surface area contributed by atoms with Gasteiger partial charge in [-0.3, -0.25) is 5.43 Å². The average Bonchev–Trinajstić information content (AvgIpc) is 2.75. The van der Waals surface area contributed by atoms with Crippen molar-refractivity contribution in [3.05, 3.63) is 35.2 Å². The molecule has 3 N–H and O–H groups in total. The number of nitrogens with one attached hydrogen (secondary N) is 1. The fourth-order valence-electron chi connectivity index (χ4n) is 1.22. The van der Waals surface area contributed by atoms with Crippen LogP contribution in [0.2, 0.25) is 0 Å². The Kier molecular flexibility index (Phi) is 3.56. The van der Waals surface area contributed by atoms with E-state index in [1.54, 1.807) is 18.7 Å². The summed E-state index contributed by atoms with van der Waals surface area (Å²) in [4.78, 5) is 4.02. The molecule has 0 saturated heterocycles. The number of hydrazone groups is 1. The van der Waals surface area contributed by atoms with Crippen molar-refractivity contribution in [2.75, 3.05) is 18.3 Å². The third-order valence-electron chi connectivity index (χ3n) is 1.99. The van der Waals surface area contributed by atoms with Gasteiger partial charge in [-0.15, -0.1) is 11.3 Å². The molecule has 0 radical (unpaired) electrons. The maximum absolute atomic E-state index is 5.49. The van der Waals surface area contributed by atoms with E-state index in [9.17, 15) is 0 Å². The van der Waals surface area contributed by atoms with Gasteiger partial charge in [0, 0.05) is 5.38 Å². The minimum absolute atomic E-state index is 0.495. The number of anilines is 2. The Bertz CT molecular complexity index is 524. The normalized spacial score (nSPS) is 10.6. The lowest BCUT2D eigenvalue weighted by Crippen LogP contribution is -1.91. The van der Waals surface area contributed by atoms with Crippen LogP contribution in [-0.4, -0.2) is 18.3 Å². The number of methoxy groups -OCH3 is 1. The molecule has 0 fully saturated rings. The van der Waals surface area contributed by atoms with E-state index in [0.29, 0.717) is 10.9 Å². The quantitative estimate of drug-likeness (QED) is 0.642. The SMILES string of the molecule is COc1cccc(C=NNc2nc(N)cs2)c1. The maximum Gasteiger partial charge on any atom is 0.205 e. The highest BCUT2D eigenvalue weighted by Crippen LogP contribution is 2.16. The summed E-state index contributed by atoms with van der Waals surface area (Å²) in [6.45, 7) is 0. The molecule has 1 heterocycles. The lowest BCUT2D eigenvalue weighted by atomic mass is 10.2. The second kappa shape index (κ2) is 5.31. The van der Waals surface area contributed by atoms with Crippen LogP contribution in [0.3, 0.4) is 0 Å². The van der Waals surface area contributed by atoms with Crippen LogP contribution in [0.1, 0.15) is 5.56 Å². The van der Waals surface area contributed by atoms with Crippen LogP contribution in [0.4, 0.5) is 10.9 Å². The molecule has 17 heavy (non-hydrogen) atoms. The van der Waals surface area contributed by atoms with Gasteiger partial charge < -0.3 is 10.5 Å². The minimum atomic E-state index is 0.495. The van der Waals surface area contributed by atoms with Gasteiger partial charge in [0.05, 0.1) is 13.3 Å². The van der Waals surface area contributed by atoms with Gasteiger partial charge in [-0.1, -0.05) is 12.1 Å². The first-order valence-electron chi connectivity index (χ1n) is 4.92. The highest BCUT2D eigenvalue weighted by molar-refractivity contribution is 7.14. The van der Waals surface area contributed by atoms with Gasteiger partial charge in [-0.05, 0) is 17.7 Å². The van der Waals surface area contributed by atoms with E-state index in [-0.39, 0.29) is 0 Å². The molecule has 0 bridgehead atoms. The van der Waals surface area contributed by atoms with Gasteiger partial charge in [0.2, 0.25) is 5.13 Å². The highest BCUT2D eigenvalue weighted by atomic mass is 32.1. The van der Waals surface area contributed by atoms with E-state index in [0.717, 1.165) is 11.3 Å². The van der Waals surface area contributed by atoms with Crippen molar-refractivity contribution in [2.45, 2.75) is 0 Å². The minimum Gasteiger partial charge on any atom is -0.497 e. The number of aromatic nitrogens is 1.